The molecule has 0 fully saturated rings. The first-order valence-electron chi connectivity index (χ1n) is 20.5. The Morgan fingerprint density at radius 1 is 0.267 bits per heavy atom. The molecule has 0 N–H and O–H groups in total. The van der Waals surface area contributed by atoms with E-state index in [0.29, 0.717) is 0 Å². The minimum Gasteiger partial charge on any atom is -0.456 e. The van der Waals surface area contributed by atoms with Gasteiger partial charge in [-0.1, -0.05) is 188 Å². The molecule has 11 aromatic rings. The summed E-state index contributed by atoms with van der Waals surface area (Å²) in [4.78, 5) is 2.38. The number of nitrogens with zero attached hydrogens (tertiary/aromatic N) is 1. The Labute approximate surface area is 349 Å². The highest BCUT2D eigenvalue weighted by Gasteiger charge is 2.22. The molecule has 0 aliphatic carbocycles. The maximum atomic E-state index is 6.49. The summed E-state index contributed by atoms with van der Waals surface area (Å²) in [5, 5.41) is 4.70. The monoisotopic (exact) mass is 765 g/mol. The van der Waals surface area contributed by atoms with E-state index in [1.54, 1.807) is 0 Å². The van der Waals surface area contributed by atoms with E-state index in [0.717, 1.165) is 50.1 Å². The van der Waals surface area contributed by atoms with Gasteiger partial charge in [0.05, 0.1) is 5.69 Å². The Hall–Kier alpha value is -7.94. The SMILES string of the molecule is c1ccc(-c2ccc(-c3ccccc3-c3ccccc3N(c3ccc(-c4cccc5ccccc45)cc3)c3ccc4c(c3)oc3ccccc34)c(-c3ccccc3)c2)cc1. The molecule has 1 aromatic heterocycles. The molecule has 0 atom stereocenters. The minimum atomic E-state index is 0.856. The Morgan fingerprint density at radius 2 is 0.800 bits per heavy atom. The third kappa shape index (κ3) is 6.32. The molecular weight excluding hydrogens is 727 g/mol. The fourth-order valence-corrected chi connectivity index (χ4v) is 8.84. The van der Waals surface area contributed by atoms with Crippen LogP contribution in [-0.2, 0) is 0 Å². The summed E-state index contributed by atoms with van der Waals surface area (Å²) in [6, 6.07) is 84.9. The molecule has 0 aliphatic heterocycles. The number of fused-ring (bicyclic) bond motifs is 4. The molecule has 0 saturated carbocycles. The van der Waals surface area contributed by atoms with Crippen LogP contribution in [0.15, 0.2) is 241 Å². The number of hydrogen-bond acceptors (Lipinski definition) is 2. The molecule has 282 valence electrons. The average Bonchev–Trinajstić information content (AvgIpc) is 3.70. The molecular formula is C58H39NO. The number of para-hydroxylation sites is 2. The first-order chi connectivity index (χ1) is 29.8. The van der Waals surface area contributed by atoms with Gasteiger partial charge in [0.2, 0.25) is 0 Å². The zero-order valence-electron chi connectivity index (χ0n) is 32.9. The van der Waals surface area contributed by atoms with Crippen molar-refractivity contribution in [2.45, 2.75) is 0 Å². The summed E-state index contributed by atoms with van der Waals surface area (Å²) < 4.78 is 6.49. The lowest BCUT2D eigenvalue weighted by molar-refractivity contribution is 0.669. The van der Waals surface area contributed by atoms with E-state index in [-0.39, 0.29) is 0 Å². The zero-order chi connectivity index (χ0) is 39.8. The standard InChI is InChI=1S/C58H39NO/c1-3-16-40(17-4-1)44-32-36-51(55(38-44)42-18-5-2-6-19-42)49-23-9-10-24-50(49)52-25-11-13-28-56(52)59(46-35-37-54-53-26-12-14-29-57(53)60-58(54)39-46)45-33-30-43(31-34-45)48-27-15-21-41-20-7-8-22-47(41)48/h1-39H. The largest absolute Gasteiger partial charge is 0.456 e. The molecule has 0 amide bonds. The van der Waals surface area contributed by atoms with Crippen LogP contribution in [0, 0.1) is 0 Å². The van der Waals surface area contributed by atoms with E-state index in [9.17, 15) is 0 Å². The van der Waals surface area contributed by atoms with Gasteiger partial charge in [0, 0.05) is 33.8 Å². The Morgan fingerprint density at radius 3 is 1.60 bits per heavy atom. The van der Waals surface area contributed by atoms with E-state index in [2.05, 4.69) is 229 Å². The number of benzene rings is 10. The van der Waals surface area contributed by atoms with Crippen LogP contribution in [-0.4, -0.2) is 0 Å². The van der Waals surface area contributed by atoms with Crippen LogP contribution in [0.25, 0.3) is 88.3 Å². The maximum absolute atomic E-state index is 6.49. The van der Waals surface area contributed by atoms with E-state index >= 15 is 0 Å². The normalized spacial score (nSPS) is 11.3. The van der Waals surface area contributed by atoms with Crippen molar-refractivity contribution in [1.82, 2.24) is 0 Å². The quantitative estimate of drug-likeness (QED) is 0.153. The minimum absolute atomic E-state index is 0.856. The lowest BCUT2D eigenvalue weighted by atomic mass is 9.87. The van der Waals surface area contributed by atoms with Gasteiger partial charge in [-0.15, -0.1) is 0 Å². The Kier molecular flexibility index (Phi) is 8.87. The second-order valence-corrected chi connectivity index (χ2v) is 15.2. The molecule has 0 unspecified atom stereocenters. The molecule has 0 aliphatic rings. The number of anilines is 3. The van der Waals surface area contributed by atoms with Crippen LogP contribution < -0.4 is 4.90 Å². The third-order valence-electron chi connectivity index (χ3n) is 11.7. The molecule has 2 heteroatoms. The summed E-state index contributed by atoms with van der Waals surface area (Å²) in [6.07, 6.45) is 0. The fourth-order valence-electron chi connectivity index (χ4n) is 8.84. The van der Waals surface area contributed by atoms with Crippen LogP contribution in [0.3, 0.4) is 0 Å². The predicted molar refractivity (Wildman–Crippen MR) is 253 cm³/mol. The van der Waals surface area contributed by atoms with Gasteiger partial charge in [0.15, 0.2) is 0 Å². The third-order valence-corrected chi connectivity index (χ3v) is 11.7. The number of rotatable bonds is 8. The predicted octanol–water partition coefficient (Wildman–Crippen LogP) is 16.5. The van der Waals surface area contributed by atoms with Crippen molar-refractivity contribution < 1.29 is 4.42 Å². The summed E-state index contributed by atoms with van der Waals surface area (Å²) in [6.45, 7) is 0. The molecule has 2 nitrogen and oxygen atoms in total. The van der Waals surface area contributed by atoms with Gasteiger partial charge < -0.3 is 9.32 Å². The van der Waals surface area contributed by atoms with Crippen molar-refractivity contribution in [2.75, 3.05) is 4.90 Å². The van der Waals surface area contributed by atoms with Gasteiger partial charge in [-0.05, 0) is 103 Å². The van der Waals surface area contributed by atoms with Crippen LogP contribution >= 0.6 is 0 Å². The van der Waals surface area contributed by atoms with Crippen LogP contribution in [0.4, 0.5) is 17.1 Å². The van der Waals surface area contributed by atoms with E-state index in [4.69, 9.17) is 4.42 Å². The number of furan rings is 1. The van der Waals surface area contributed by atoms with Crippen molar-refractivity contribution in [2.24, 2.45) is 0 Å². The van der Waals surface area contributed by atoms with Gasteiger partial charge in [-0.25, -0.2) is 0 Å². The van der Waals surface area contributed by atoms with Gasteiger partial charge in [0.25, 0.3) is 0 Å². The van der Waals surface area contributed by atoms with Gasteiger partial charge in [0.1, 0.15) is 11.2 Å². The van der Waals surface area contributed by atoms with E-state index in [1.807, 2.05) is 12.1 Å². The molecule has 11 rings (SSSR count). The van der Waals surface area contributed by atoms with Gasteiger partial charge in [-0.3, -0.25) is 0 Å². The highest BCUT2D eigenvalue weighted by Crippen LogP contribution is 2.47. The highest BCUT2D eigenvalue weighted by atomic mass is 16.3. The van der Waals surface area contributed by atoms with Crippen molar-refractivity contribution in [3.8, 4) is 55.6 Å². The van der Waals surface area contributed by atoms with Crippen molar-refractivity contribution in [3.63, 3.8) is 0 Å². The van der Waals surface area contributed by atoms with Crippen LogP contribution in [0.5, 0.6) is 0 Å². The average molecular weight is 766 g/mol. The molecule has 0 saturated heterocycles. The molecule has 0 spiro atoms. The van der Waals surface area contributed by atoms with Crippen LogP contribution in [0.1, 0.15) is 0 Å². The van der Waals surface area contributed by atoms with E-state index < -0.39 is 0 Å². The molecule has 0 bridgehead atoms. The molecule has 10 aromatic carbocycles. The van der Waals surface area contributed by atoms with Crippen molar-refractivity contribution >= 4 is 49.8 Å². The van der Waals surface area contributed by atoms with Crippen molar-refractivity contribution in [1.29, 1.82) is 0 Å². The van der Waals surface area contributed by atoms with Gasteiger partial charge >= 0.3 is 0 Å². The first kappa shape index (κ1) is 35.2. The fraction of sp³-hybridized carbons (Fsp3) is 0. The Balaban J connectivity index is 1.10. The van der Waals surface area contributed by atoms with Gasteiger partial charge in [-0.2, -0.15) is 0 Å². The highest BCUT2D eigenvalue weighted by molar-refractivity contribution is 6.07. The topological polar surface area (TPSA) is 16.4 Å². The smallest absolute Gasteiger partial charge is 0.137 e. The maximum Gasteiger partial charge on any atom is 0.137 e. The molecule has 1 heterocycles. The zero-order valence-corrected chi connectivity index (χ0v) is 32.9. The lowest BCUT2D eigenvalue weighted by Crippen LogP contribution is -2.11. The second kappa shape index (κ2) is 15.1. The lowest BCUT2D eigenvalue weighted by Gasteiger charge is -2.29. The summed E-state index contributed by atoms with van der Waals surface area (Å²) in [5.74, 6) is 0. The van der Waals surface area contributed by atoms with E-state index in [1.165, 1.54) is 55.3 Å². The second-order valence-electron chi connectivity index (χ2n) is 15.2. The van der Waals surface area contributed by atoms with Crippen LogP contribution in [0.2, 0.25) is 0 Å². The van der Waals surface area contributed by atoms with Crippen molar-refractivity contribution in [3.05, 3.63) is 237 Å². The summed E-state index contributed by atoms with van der Waals surface area (Å²) >= 11 is 0. The summed E-state index contributed by atoms with van der Waals surface area (Å²) in [7, 11) is 0. The summed E-state index contributed by atoms with van der Waals surface area (Å²) in [5.41, 5.74) is 16.7. The first-order valence-corrected chi connectivity index (χ1v) is 20.5. The molecule has 0 radical (unpaired) electrons. The molecule has 60 heavy (non-hydrogen) atoms. The number of hydrogen-bond donors (Lipinski definition) is 0. The Bertz CT molecular complexity index is 3300.